The normalized spacial score (nSPS) is 17.0. The number of benzene rings is 1. The van der Waals surface area contributed by atoms with Crippen molar-refractivity contribution in [3.05, 3.63) is 35.9 Å². The van der Waals surface area contributed by atoms with Gasteiger partial charge in [-0.1, -0.05) is 50.6 Å². The number of esters is 1. The molecule has 2 rings (SSSR count). The molecule has 0 bridgehead atoms. The van der Waals surface area contributed by atoms with Gasteiger partial charge in [-0.05, 0) is 45.1 Å². The van der Waals surface area contributed by atoms with E-state index in [4.69, 9.17) is 9.47 Å². The summed E-state index contributed by atoms with van der Waals surface area (Å²) in [5.74, 6) is -2.27. The van der Waals surface area contributed by atoms with E-state index in [0.717, 1.165) is 18.4 Å². The van der Waals surface area contributed by atoms with Gasteiger partial charge in [0.2, 0.25) is 29.5 Å². The Morgan fingerprint density at radius 3 is 2.29 bits per heavy atom. The Kier molecular flexibility index (Phi) is 17.6. The Morgan fingerprint density at radius 2 is 1.67 bits per heavy atom. The smallest absolute Gasteiger partial charge is 0.311 e. The van der Waals surface area contributed by atoms with Gasteiger partial charge in [0.1, 0.15) is 6.10 Å². The molecule has 1 aromatic rings. The lowest BCUT2D eigenvalue weighted by Crippen LogP contribution is -2.52. The standard InChI is InChI=1S/C36H55N5O8/c1-8-33(45)41-21-15-18-30(41)35(48-7)25(3)36(47)37-26(4)31(23-29-16-11-9-12-17-29)49-34(46)22-24(2)38-39-32(44)19-13-10-14-20-40(27(5)42)28(6)43/h9,11-12,16-17,25-26,30-31,35H,8,10,13-15,18-23H2,1-7H3,(H,37,47)(H,39,44)/b38-24+. The highest BCUT2D eigenvalue weighted by Crippen LogP contribution is 2.27. The number of nitrogens with one attached hydrogen (secondary N) is 2. The fourth-order valence-electron chi connectivity index (χ4n) is 6.05. The van der Waals surface area contributed by atoms with E-state index in [1.807, 2.05) is 42.2 Å². The summed E-state index contributed by atoms with van der Waals surface area (Å²) >= 11 is 0. The molecule has 272 valence electrons. The zero-order chi connectivity index (χ0) is 36.5. The van der Waals surface area contributed by atoms with Gasteiger partial charge in [0, 0.05) is 59.0 Å². The summed E-state index contributed by atoms with van der Waals surface area (Å²) in [5.41, 5.74) is 3.74. The van der Waals surface area contributed by atoms with Crippen molar-refractivity contribution in [1.82, 2.24) is 20.5 Å². The molecule has 2 N–H and O–H groups in total. The summed E-state index contributed by atoms with van der Waals surface area (Å²) in [6, 6.07) is 8.77. The van der Waals surface area contributed by atoms with Crippen molar-refractivity contribution in [1.29, 1.82) is 0 Å². The summed E-state index contributed by atoms with van der Waals surface area (Å²) in [6.45, 7) is 10.6. The van der Waals surface area contributed by atoms with E-state index >= 15 is 0 Å². The molecule has 0 radical (unpaired) electrons. The van der Waals surface area contributed by atoms with Gasteiger partial charge >= 0.3 is 5.97 Å². The number of hydrogen-bond acceptors (Lipinski definition) is 9. The third-order valence-electron chi connectivity index (χ3n) is 8.79. The van der Waals surface area contributed by atoms with Crippen LogP contribution in [-0.2, 0) is 44.7 Å². The quantitative estimate of drug-likeness (QED) is 0.0967. The number of unbranched alkanes of at least 4 members (excludes halogenated alkanes) is 2. The molecule has 1 heterocycles. The number of rotatable bonds is 19. The van der Waals surface area contributed by atoms with Crippen LogP contribution in [0.5, 0.6) is 0 Å². The molecule has 5 unspecified atom stereocenters. The first kappa shape index (κ1) is 41.0. The number of likely N-dealkylation sites (tertiary alicyclic amines) is 1. The maximum absolute atomic E-state index is 13.5. The third-order valence-corrected chi connectivity index (χ3v) is 8.79. The molecule has 0 spiro atoms. The summed E-state index contributed by atoms with van der Waals surface area (Å²) in [6.07, 6.45) is 3.02. The van der Waals surface area contributed by atoms with Crippen LogP contribution in [0.3, 0.4) is 0 Å². The van der Waals surface area contributed by atoms with Crippen LogP contribution < -0.4 is 10.7 Å². The van der Waals surface area contributed by atoms with Gasteiger partial charge in [0.15, 0.2) is 0 Å². The van der Waals surface area contributed by atoms with Crippen molar-refractivity contribution in [2.75, 3.05) is 20.2 Å². The summed E-state index contributed by atoms with van der Waals surface area (Å²) in [5, 5.41) is 7.06. The van der Waals surface area contributed by atoms with Crippen LogP contribution in [0.1, 0.15) is 98.5 Å². The van der Waals surface area contributed by atoms with Crippen molar-refractivity contribution in [2.45, 2.75) is 124 Å². The monoisotopic (exact) mass is 685 g/mol. The van der Waals surface area contributed by atoms with Crippen molar-refractivity contribution in [2.24, 2.45) is 11.0 Å². The van der Waals surface area contributed by atoms with Gasteiger partial charge in [-0.2, -0.15) is 5.10 Å². The molecule has 13 heteroatoms. The predicted octanol–water partition coefficient (Wildman–Crippen LogP) is 3.54. The Labute approximate surface area is 290 Å². The largest absolute Gasteiger partial charge is 0.460 e. The topological polar surface area (TPSA) is 164 Å². The maximum atomic E-state index is 13.5. The van der Waals surface area contributed by atoms with Crippen molar-refractivity contribution >= 4 is 41.2 Å². The van der Waals surface area contributed by atoms with Gasteiger partial charge in [-0.25, -0.2) is 5.43 Å². The average molecular weight is 686 g/mol. The first-order valence-corrected chi connectivity index (χ1v) is 17.3. The van der Waals surface area contributed by atoms with E-state index in [-0.39, 0.29) is 48.4 Å². The van der Waals surface area contributed by atoms with E-state index in [2.05, 4.69) is 15.8 Å². The molecular weight excluding hydrogens is 630 g/mol. The van der Waals surface area contributed by atoms with Crippen molar-refractivity contribution in [3.8, 4) is 0 Å². The highest BCUT2D eigenvalue weighted by Gasteiger charge is 2.40. The zero-order valence-electron chi connectivity index (χ0n) is 30.2. The fraction of sp³-hybridized carbons (Fsp3) is 0.639. The van der Waals surface area contributed by atoms with Crippen molar-refractivity contribution < 1.29 is 38.2 Å². The molecule has 5 atom stereocenters. The Balaban J connectivity index is 1.96. The Hall–Kier alpha value is -4.13. The number of amides is 5. The summed E-state index contributed by atoms with van der Waals surface area (Å²) in [7, 11) is 1.56. The first-order valence-electron chi connectivity index (χ1n) is 17.3. The molecule has 13 nitrogen and oxygen atoms in total. The Morgan fingerprint density at radius 1 is 1.00 bits per heavy atom. The number of methoxy groups -OCH3 is 1. The number of nitrogens with zero attached hydrogens (tertiary/aromatic N) is 3. The lowest BCUT2D eigenvalue weighted by molar-refractivity contribution is -0.150. The third kappa shape index (κ3) is 13.7. The molecule has 49 heavy (non-hydrogen) atoms. The molecule has 1 fully saturated rings. The van der Waals surface area contributed by atoms with Gasteiger partial charge in [0.25, 0.3) is 0 Å². The molecule has 1 aliphatic rings. The fourth-order valence-corrected chi connectivity index (χ4v) is 6.05. The minimum absolute atomic E-state index is 0.0412. The van der Waals surface area contributed by atoms with Crippen LogP contribution in [0.25, 0.3) is 0 Å². The minimum atomic E-state index is -0.694. The number of imide groups is 1. The first-order chi connectivity index (χ1) is 23.3. The highest BCUT2D eigenvalue weighted by atomic mass is 16.5. The summed E-state index contributed by atoms with van der Waals surface area (Å²) in [4.78, 5) is 77.3. The maximum Gasteiger partial charge on any atom is 0.311 e. The molecular formula is C36H55N5O8. The molecule has 0 aromatic heterocycles. The SMILES string of the molecule is CCC(=O)N1CCCC1C(OC)C(C)C(=O)NC(C)C(Cc1ccccc1)OC(=O)C/C(C)=N/NC(=O)CCCCCN(C(C)=O)C(C)=O. The molecule has 1 aromatic carbocycles. The molecule has 5 amide bonds. The van der Waals surface area contributed by atoms with Crippen LogP contribution in [0.2, 0.25) is 0 Å². The highest BCUT2D eigenvalue weighted by molar-refractivity contribution is 5.98. The number of ether oxygens (including phenoxy) is 2. The van der Waals surface area contributed by atoms with Gasteiger partial charge in [-0.3, -0.25) is 33.7 Å². The zero-order valence-corrected chi connectivity index (χ0v) is 30.2. The van der Waals surface area contributed by atoms with Gasteiger partial charge < -0.3 is 19.7 Å². The van der Waals surface area contributed by atoms with Crippen LogP contribution in [0.15, 0.2) is 35.4 Å². The lowest BCUT2D eigenvalue weighted by Gasteiger charge is -2.34. The van der Waals surface area contributed by atoms with Crippen LogP contribution in [0, 0.1) is 5.92 Å². The number of carbonyl (C=O) groups excluding carboxylic acids is 6. The predicted molar refractivity (Wildman–Crippen MR) is 185 cm³/mol. The summed E-state index contributed by atoms with van der Waals surface area (Å²) < 4.78 is 11.7. The number of hydrogen-bond donors (Lipinski definition) is 2. The van der Waals surface area contributed by atoms with Crippen LogP contribution >= 0.6 is 0 Å². The number of hydrazone groups is 1. The average Bonchev–Trinajstić information content (AvgIpc) is 3.54. The van der Waals surface area contributed by atoms with Crippen molar-refractivity contribution in [3.63, 3.8) is 0 Å². The van der Waals surface area contributed by atoms with E-state index in [9.17, 15) is 28.8 Å². The molecule has 0 aliphatic carbocycles. The van der Waals surface area contributed by atoms with Gasteiger partial charge in [-0.15, -0.1) is 0 Å². The molecule has 1 aliphatic heterocycles. The van der Waals surface area contributed by atoms with E-state index < -0.39 is 30.1 Å². The van der Waals surface area contributed by atoms with E-state index in [1.165, 1.54) is 18.7 Å². The molecule has 1 saturated heterocycles. The van der Waals surface area contributed by atoms with E-state index in [1.54, 1.807) is 27.9 Å². The van der Waals surface area contributed by atoms with E-state index in [0.29, 0.717) is 50.9 Å². The molecule has 0 saturated carbocycles. The van der Waals surface area contributed by atoms with Crippen LogP contribution in [0.4, 0.5) is 0 Å². The second kappa shape index (κ2) is 21.1. The van der Waals surface area contributed by atoms with Crippen LogP contribution in [-0.4, -0.2) is 95.5 Å². The number of carbonyl (C=O) groups is 6. The Bertz CT molecular complexity index is 1290. The lowest BCUT2D eigenvalue weighted by atomic mass is 9.94. The van der Waals surface area contributed by atoms with Gasteiger partial charge in [0.05, 0.1) is 30.5 Å². The second-order valence-electron chi connectivity index (χ2n) is 12.7. The second-order valence-corrected chi connectivity index (χ2v) is 12.7. The minimum Gasteiger partial charge on any atom is -0.460 e.